The first-order valence-electron chi connectivity index (χ1n) is 6.15. The number of halogens is 1. The monoisotopic (exact) mass is 310 g/mol. The van der Waals surface area contributed by atoms with Gasteiger partial charge >= 0.3 is 0 Å². The lowest BCUT2D eigenvalue weighted by molar-refractivity contribution is 0.0840. The minimum atomic E-state index is -0.0877. The van der Waals surface area contributed by atoms with Crippen molar-refractivity contribution in [3.05, 3.63) is 28.2 Å². The van der Waals surface area contributed by atoms with Gasteiger partial charge in [0.15, 0.2) is 0 Å². The third-order valence-corrected chi connectivity index (χ3v) is 4.35. The van der Waals surface area contributed by atoms with Crippen LogP contribution in [0.4, 0.5) is 5.69 Å². The molecular formula is C13H15BrN2O2. The minimum Gasteiger partial charge on any atom is -0.399 e. The van der Waals surface area contributed by atoms with Crippen LogP contribution in [0.1, 0.15) is 29.6 Å². The smallest absolute Gasteiger partial charge is 0.252 e. The highest BCUT2D eigenvalue weighted by atomic mass is 79.9. The summed E-state index contributed by atoms with van der Waals surface area (Å²) in [6.07, 6.45) is 3.63. The molecule has 0 aromatic heterocycles. The molecule has 2 saturated heterocycles. The highest BCUT2D eigenvalue weighted by Gasteiger charge is 2.41. The molecule has 18 heavy (non-hydrogen) atoms. The number of benzene rings is 1. The SMILES string of the molecule is Nc1ccc(Br)c(C(=O)NC2CC3CCC2O3)c1. The van der Waals surface area contributed by atoms with Gasteiger partial charge in [0.1, 0.15) is 0 Å². The molecule has 1 amide bonds. The average Bonchev–Trinajstić information content (AvgIpc) is 2.94. The third-order valence-electron chi connectivity index (χ3n) is 3.66. The van der Waals surface area contributed by atoms with Gasteiger partial charge in [-0.05, 0) is 53.4 Å². The number of ether oxygens (including phenoxy) is 1. The molecule has 3 rings (SSSR count). The Morgan fingerprint density at radius 1 is 1.44 bits per heavy atom. The van der Waals surface area contributed by atoms with Crippen molar-refractivity contribution in [3.63, 3.8) is 0 Å². The van der Waals surface area contributed by atoms with E-state index in [1.165, 1.54) is 0 Å². The summed E-state index contributed by atoms with van der Waals surface area (Å²) in [6, 6.07) is 5.39. The lowest BCUT2D eigenvalue weighted by atomic mass is 9.95. The maximum Gasteiger partial charge on any atom is 0.252 e. The van der Waals surface area contributed by atoms with Crippen molar-refractivity contribution >= 4 is 27.5 Å². The van der Waals surface area contributed by atoms with Gasteiger partial charge < -0.3 is 15.8 Å². The molecule has 2 bridgehead atoms. The molecule has 1 aromatic carbocycles. The number of anilines is 1. The van der Waals surface area contributed by atoms with E-state index in [4.69, 9.17) is 10.5 Å². The average molecular weight is 311 g/mol. The van der Waals surface area contributed by atoms with Crippen LogP contribution >= 0.6 is 15.9 Å². The Morgan fingerprint density at radius 2 is 2.28 bits per heavy atom. The Labute approximate surface area is 114 Å². The van der Waals surface area contributed by atoms with E-state index >= 15 is 0 Å². The van der Waals surface area contributed by atoms with Crippen LogP contribution in [0, 0.1) is 0 Å². The van der Waals surface area contributed by atoms with E-state index in [9.17, 15) is 4.79 Å². The van der Waals surface area contributed by atoms with Gasteiger partial charge in [-0.2, -0.15) is 0 Å². The second-order valence-corrected chi connectivity index (χ2v) is 5.78. The maximum absolute atomic E-state index is 12.2. The van der Waals surface area contributed by atoms with E-state index in [0.29, 0.717) is 17.4 Å². The number of nitrogens with two attached hydrogens (primary N) is 1. The predicted molar refractivity (Wildman–Crippen MR) is 72.3 cm³/mol. The van der Waals surface area contributed by atoms with Crippen molar-refractivity contribution in [2.45, 2.75) is 37.5 Å². The zero-order valence-electron chi connectivity index (χ0n) is 9.86. The van der Waals surface area contributed by atoms with Crippen molar-refractivity contribution in [2.75, 3.05) is 5.73 Å². The lowest BCUT2D eigenvalue weighted by Crippen LogP contribution is -2.41. The number of nitrogens with one attached hydrogen (secondary N) is 1. The second-order valence-electron chi connectivity index (χ2n) is 4.93. The van der Waals surface area contributed by atoms with E-state index in [-0.39, 0.29) is 18.1 Å². The molecule has 2 heterocycles. The molecule has 3 unspecified atom stereocenters. The second kappa shape index (κ2) is 4.55. The Kier molecular flexibility index (Phi) is 3.03. The number of amides is 1. The van der Waals surface area contributed by atoms with Gasteiger partial charge in [-0.15, -0.1) is 0 Å². The van der Waals surface area contributed by atoms with Gasteiger partial charge in [-0.25, -0.2) is 0 Å². The Balaban J connectivity index is 1.73. The normalized spacial score (nSPS) is 29.5. The van der Waals surface area contributed by atoms with Crippen LogP contribution in [0.5, 0.6) is 0 Å². The standard InChI is InChI=1S/C13H15BrN2O2/c14-10-3-1-7(15)5-9(10)13(17)16-11-6-8-2-4-12(11)18-8/h1,3,5,8,11-12H,2,4,6,15H2,(H,16,17). The van der Waals surface area contributed by atoms with Crippen LogP contribution in [0.15, 0.2) is 22.7 Å². The number of rotatable bonds is 2. The first-order valence-corrected chi connectivity index (χ1v) is 6.94. The molecule has 0 radical (unpaired) electrons. The van der Waals surface area contributed by atoms with Gasteiger partial charge in [0, 0.05) is 10.2 Å². The summed E-state index contributed by atoms with van der Waals surface area (Å²) in [5.74, 6) is -0.0877. The quantitative estimate of drug-likeness (QED) is 0.822. The van der Waals surface area contributed by atoms with Gasteiger partial charge in [-0.1, -0.05) is 0 Å². The summed E-state index contributed by atoms with van der Waals surface area (Å²) in [5, 5.41) is 3.05. The lowest BCUT2D eigenvalue weighted by Gasteiger charge is -2.20. The van der Waals surface area contributed by atoms with E-state index in [1.54, 1.807) is 18.2 Å². The molecule has 1 aromatic rings. The molecule has 4 nitrogen and oxygen atoms in total. The summed E-state index contributed by atoms with van der Waals surface area (Å²) in [4.78, 5) is 12.2. The fourth-order valence-corrected chi connectivity index (χ4v) is 3.18. The zero-order valence-corrected chi connectivity index (χ0v) is 11.4. The molecule has 3 atom stereocenters. The van der Waals surface area contributed by atoms with Crippen LogP contribution in [0.2, 0.25) is 0 Å². The fourth-order valence-electron chi connectivity index (χ4n) is 2.75. The van der Waals surface area contributed by atoms with E-state index in [1.807, 2.05) is 0 Å². The zero-order chi connectivity index (χ0) is 12.7. The van der Waals surface area contributed by atoms with Crippen LogP contribution in [-0.4, -0.2) is 24.2 Å². The molecular weight excluding hydrogens is 296 g/mol. The summed E-state index contributed by atoms with van der Waals surface area (Å²) < 4.78 is 6.49. The maximum atomic E-state index is 12.2. The molecule has 96 valence electrons. The van der Waals surface area contributed by atoms with E-state index < -0.39 is 0 Å². The Bertz CT molecular complexity index is 492. The predicted octanol–water partition coefficient (Wildman–Crippen LogP) is 2.08. The summed E-state index contributed by atoms with van der Waals surface area (Å²) >= 11 is 3.37. The van der Waals surface area contributed by atoms with Crippen molar-refractivity contribution < 1.29 is 9.53 Å². The number of carbonyl (C=O) groups excluding carboxylic acids is 1. The van der Waals surface area contributed by atoms with Crippen LogP contribution in [0.25, 0.3) is 0 Å². The Hall–Kier alpha value is -1.07. The van der Waals surface area contributed by atoms with Crippen molar-refractivity contribution in [2.24, 2.45) is 0 Å². The Morgan fingerprint density at radius 3 is 2.94 bits per heavy atom. The van der Waals surface area contributed by atoms with E-state index in [0.717, 1.165) is 23.7 Å². The third kappa shape index (κ3) is 2.12. The molecule has 2 aliphatic rings. The first kappa shape index (κ1) is 12.0. The van der Waals surface area contributed by atoms with Gasteiger partial charge in [0.25, 0.3) is 5.91 Å². The number of nitrogen functional groups attached to an aromatic ring is 1. The molecule has 0 aliphatic carbocycles. The van der Waals surface area contributed by atoms with E-state index in [2.05, 4.69) is 21.2 Å². The molecule has 0 spiro atoms. The first-order chi connectivity index (χ1) is 8.63. The van der Waals surface area contributed by atoms with Crippen LogP contribution in [0.3, 0.4) is 0 Å². The molecule has 3 N–H and O–H groups in total. The topological polar surface area (TPSA) is 64.4 Å². The number of hydrogen-bond acceptors (Lipinski definition) is 3. The van der Waals surface area contributed by atoms with Crippen LogP contribution < -0.4 is 11.1 Å². The molecule has 2 aliphatic heterocycles. The van der Waals surface area contributed by atoms with Crippen molar-refractivity contribution in [1.29, 1.82) is 0 Å². The highest BCUT2D eigenvalue weighted by molar-refractivity contribution is 9.10. The number of fused-ring (bicyclic) bond motifs is 2. The molecule has 5 heteroatoms. The summed E-state index contributed by atoms with van der Waals surface area (Å²) in [5.41, 5.74) is 6.88. The van der Waals surface area contributed by atoms with Crippen molar-refractivity contribution in [3.8, 4) is 0 Å². The molecule has 2 fully saturated rings. The van der Waals surface area contributed by atoms with Gasteiger partial charge in [0.05, 0.1) is 23.8 Å². The van der Waals surface area contributed by atoms with Crippen LogP contribution in [-0.2, 0) is 4.74 Å². The highest BCUT2D eigenvalue weighted by Crippen LogP contribution is 2.34. The van der Waals surface area contributed by atoms with Crippen molar-refractivity contribution in [1.82, 2.24) is 5.32 Å². The summed E-state index contributed by atoms with van der Waals surface area (Å²) in [7, 11) is 0. The number of hydrogen-bond donors (Lipinski definition) is 2. The van der Waals surface area contributed by atoms with Gasteiger partial charge in [-0.3, -0.25) is 4.79 Å². The number of carbonyl (C=O) groups is 1. The summed E-state index contributed by atoms with van der Waals surface area (Å²) in [6.45, 7) is 0. The fraction of sp³-hybridized carbons (Fsp3) is 0.462. The molecule has 0 saturated carbocycles. The largest absolute Gasteiger partial charge is 0.399 e. The minimum absolute atomic E-state index is 0.0877. The van der Waals surface area contributed by atoms with Gasteiger partial charge in [0.2, 0.25) is 0 Å².